The summed E-state index contributed by atoms with van der Waals surface area (Å²) < 4.78 is 5.56. The van der Waals surface area contributed by atoms with Gasteiger partial charge in [0.05, 0.1) is 5.92 Å². The summed E-state index contributed by atoms with van der Waals surface area (Å²) in [5, 5.41) is 11.9. The smallest absolute Gasteiger partial charge is 0.407 e. The van der Waals surface area contributed by atoms with Crippen LogP contribution < -0.4 is 5.32 Å². The van der Waals surface area contributed by atoms with E-state index < -0.39 is 18.0 Å². The summed E-state index contributed by atoms with van der Waals surface area (Å²) in [7, 11) is 0. The van der Waals surface area contributed by atoms with Crippen molar-refractivity contribution in [1.82, 2.24) is 10.2 Å². The van der Waals surface area contributed by atoms with Crippen molar-refractivity contribution in [1.29, 1.82) is 0 Å². The van der Waals surface area contributed by atoms with E-state index in [0.717, 1.165) is 16.7 Å². The first-order chi connectivity index (χ1) is 17.0. The third kappa shape index (κ3) is 4.62. The number of carbonyl (C=O) groups is 3. The molecule has 1 aliphatic heterocycles. The maximum Gasteiger partial charge on any atom is 0.407 e. The highest BCUT2D eigenvalue weighted by Gasteiger charge is 2.31. The van der Waals surface area contributed by atoms with Gasteiger partial charge in [-0.05, 0) is 46.4 Å². The Kier molecular flexibility index (Phi) is 6.23. The summed E-state index contributed by atoms with van der Waals surface area (Å²) >= 11 is 0. The SMILES string of the molecule is O=C(NCc1ccc(C(=O)N2CCC(C(=O)O)C2)cc1)OCC1c2ccccc2-c2ccccc21. The second kappa shape index (κ2) is 9.62. The first-order valence-electron chi connectivity index (χ1n) is 11.7. The number of rotatable bonds is 6. The number of carboxylic acid groups (broad SMARTS) is 1. The van der Waals surface area contributed by atoms with Crippen LogP contribution in [0.15, 0.2) is 72.8 Å². The van der Waals surface area contributed by atoms with E-state index >= 15 is 0 Å². The van der Waals surface area contributed by atoms with E-state index in [0.29, 0.717) is 18.5 Å². The Hall–Kier alpha value is -4.13. The fourth-order valence-electron chi connectivity index (χ4n) is 4.92. The fraction of sp³-hybridized carbons (Fsp3) is 0.250. The van der Waals surface area contributed by atoms with Gasteiger partial charge in [0.15, 0.2) is 0 Å². The van der Waals surface area contributed by atoms with E-state index in [-0.39, 0.29) is 31.5 Å². The molecule has 1 heterocycles. The van der Waals surface area contributed by atoms with Gasteiger partial charge in [-0.1, -0.05) is 60.7 Å². The molecule has 3 aromatic carbocycles. The third-order valence-corrected chi connectivity index (χ3v) is 6.81. The predicted octanol–water partition coefficient (Wildman–Crippen LogP) is 4.27. The number of nitrogens with zero attached hydrogens (tertiary/aromatic N) is 1. The molecule has 35 heavy (non-hydrogen) atoms. The molecule has 1 atom stereocenters. The molecule has 1 unspecified atom stereocenters. The zero-order chi connectivity index (χ0) is 24.4. The van der Waals surface area contributed by atoms with Crippen LogP contribution in [0.1, 0.15) is 39.4 Å². The molecule has 0 radical (unpaired) electrons. The molecule has 7 heteroatoms. The predicted molar refractivity (Wildman–Crippen MR) is 130 cm³/mol. The van der Waals surface area contributed by atoms with E-state index in [1.807, 2.05) is 24.3 Å². The van der Waals surface area contributed by atoms with Gasteiger partial charge in [0.1, 0.15) is 6.61 Å². The second-order valence-corrected chi connectivity index (χ2v) is 8.95. The molecule has 1 fully saturated rings. The first kappa shape index (κ1) is 22.7. The Morgan fingerprint density at radius 2 is 1.54 bits per heavy atom. The van der Waals surface area contributed by atoms with Crippen LogP contribution in [0.5, 0.6) is 0 Å². The summed E-state index contributed by atoms with van der Waals surface area (Å²) in [5.41, 5.74) is 6.02. The third-order valence-electron chi connectivity index (χ3n) is 6.81. The summed E-state index contributed by atoms with van der Waals surface area (Å²) in [6, 6.07) is 23.3. The van der Waals surface area contributed by atoms with Crippen LogP contribution in [-0.2, 0) is 16.1 Å². The number of nitrogens with one attached hydrogen (secondary N) is 1. The lowest BCUT2D eigenvalue weighted by Crippen LogP contribution is -2.30. The number of likely N-dealkylation sites (tertiary alicyclic amines) is 1. The van der Waals surface area contributed by atoms with Crippen molar-refractivity contribution in [3.8, 4) is 11.1 Å². The minimum absolute atomic E-state index is 0.00441. The lowest BCUT2D eigenvalue weighted by molar-refractivity contribution is -0.141. The Labute approximate surface area is 203 Å². The van der Waals surface area contributed by atoms with E-state index in [1.54, 1.807) is 29.2 Å². The van der Waals surface area contributed by atoms with Gasteiger partial charge in [-0.3, -0.25) is 9.59 Å². The first-order valence-corrected chi connectivity index (χ1v) is 11.7. The van der Waals surface area contributed by atoms with Crippen LogP contribution >= 0.6 is 0 Å². The highest BCUT2D eigenvalue weighted by Crippen LogP contribution is 2.44. The number of alkyl carbamates (subject to hydrolysis) is 1. The van der Waals surface area contributed by atoms with Crippen LogP contribution in [-0.4, -0.2) is 47.7 Å². The lowest BCUT2D eigenvalue weighted by Gasteiger charge is -2.16. The molecule has 2 amide bonds. The zero-order valence-electron chi connectivity index (χ0n) is 19.1. The molecular weight excluding hydrogens is 444 g/mol. The summed E-state index contributed by atoms with van der Waals surface area (Å²) in [6.07, 6.45) is -0.0211. The van der Waals surface area contributed by atoms with Crippen molar-refractivity contribution >= 4 is 18.0 Å². The quantitative estimate of drug-likeness (QED) is 0.561. The van der Waals surface area contributed by atoms with Crippen molar-refractivity contribution in [3.63, 3.8) is 0 Å². The molecule has 1 saturated heterocycles. The van der Waals surface area contributed by atoms with Crippen LogP contribution in [0, 0.1) is 5.92 Å². The van der Waals surface area contributed by atoms with Gasteiger partial charge in [0.2, 0.25) is 0 Å². The van der Waals surface area contributed by atoms with Crippen LogP contribution in [0.4, 0.5) is 4.79 Å². The van der Waals surface area contributed by atoms with Gasteiger partial charge >= 0.3 is 12.1 Å². The molecule has 0 aromatic heterocycles. The number of aliphatic carboxylic acids is 1. The number of ether oxygens (including phenoxy) is 1. The molecule has 0 saturated carbocycles. The molecule has 178 valence electrons. The van der Waals surface area contributed by atoms with Crippen molar-refractivity contribution in [2.45, 2.75) is 18.9 Å². The summed E-state index contributed by atoms with van der Waals surface area (Å²) in [6.45, 7) is 1.20. The molecule has 0 bridgehead atoms. The molecule has 2 N–H and O–H groups in total. The van der Waals surface area contributed by atoms with Crippen molar-refractivity contribution < 1.29 is 24.2 Å². The van der Waals surface area contributed by atoms with E-state index in [2.05, 4.69) is 29.6 Å². The van der Waals surface area contributed by atoms with Gasteiger partial charge in [-0.25, -0.2) is 4.79 Å². The number of carbonyl (C=O) groups excluding carboxylic acids is 2. The highest BCUT2D eigenvalue weighted by atomic mass is 16.5. The lowest BCUT2D eigenvalue weighted by atomic mass is 9.98. The molecule has 1 aliphatic carbocycles. The van der Waals surface area contributed by atoms with E-state index in [1.165, 1.54) is 11.1 Å². The minimum Gasteiger partial charge on any atom is -0.481 e. The van der Waals surface area contributed by atoms with E-state index in [9.17, 15) is 14.4 Å². The monoisotopic (exact) mass is 470 g/mol. The Bertz CT molecular complexity index is 1220. The molecule has 7 nitrogen and oxygen atoms in total. The fourth-order valence-corrected chi connectivity index (χ4v) is 4.92. The summed E-state index contributed by atoms with van der Waals surface area (Å²) in [4.78, 5) is 37.7. The van der Waals surface area contributed by atoms with Gasteiger partial charge in [0.25, 0.3) is 5.91 Å². The van der Waals surface area contributed by atoms with Gasteiger partial charge < -0.3 is 20.1 Å². The topological polar surface area (TPSA) is 95.9 Å². The van der Waals surface area contributed by atoms with E-state index in [4.69, 9.17) is 9.84 Å². The van der Waals surface area contributed by atoms with Crippen LogP contribution in [0.2, 0.25) is 0 Å². The summed E-state index contributed by atoms with van der Waals surface area (Å²) in [5.74, 6) is -1.54. The van der Waals surface area contributed by atoms with Gasteiger partial charge in [-0.2, -0.15) is 0 Å². The number of amides is 2. The maximum absolute atomic E-state index is 12.6. The Morgan fingerprint density at radius 1 is 0.914 bits per heavy atom. The normalized spacial score (nSPS) is 16.5. The Balaban J connectivity index is 1.14. The van der Waals surface area contributed by atoms with Crippen molar-refractivity contribution in [2.24, 2.45) is 5.92 Å². The molecule has 2 aliphatic rings. The Morgan fingerprint density at radius 3 is 2.14 bits per heavy atom. The van der Waals surface area contributed by atoms with Crippen molar-refractivity contribution in [3.05, 3.63) is 95.1 Å². The zero-order valence-corrected chi connectivity index (χ0v) is 19.1. The number of hydrogen-bond donors (Lipinski definition) is 2. The maximum atomic E-state index is 12.6. The number of hydrogen-bond acceptors (Lipinski definition) is 4. The molecule has 3 aromatic rings. The molecular formula is C28H26N2O5. The van der Waals surface area contributed by atoms with Crippen molar-refractivity contribution in [2.75, 3.05) is 19.7 Å². The standard InChI is InChI=1S/C28H26N2O5/c31-26(30-14-13-20(16-30)27(32)33)19-11-9-18(10-12-19)15-29-28(34)35-17-25-23-7-3-1-5-21(23)22-6-2-4-8-24(22)25/h1-12,20,25H,13-17H2,(H,29,34)(H,32,33). The van der Waals surface area contributed by atoms with Gasteiger partial charge in [-0.15, -0.1) is 0 Å². The largest absolute Gasteiger partial charge is 0.481 e. The van der Waals surface area contributed by atoms with Gasteiger partial charge in [0, 0.05) is 31.1 Å². The molecule has 5 rings (SSSR count). The van der Waals surface area contributed by atoms with Crippen LogP contribution in [0.3, 0.4) is 0 Å². The highest BCUT2D eigenvalue weighted by molar-refractivity contribution is 5.94. The average molecular weight is 471 g/mol. The second-order valence-electron chi connectivity index (χ2n) is 8.95. The number of fused-ring (bicyclic) bond motifs is 3. The number of benzene rings is 3. The van der Waals surface area contributed by atoms with Crippen LogP contribution in [0.25, 0.3) is 11.1 Å². The number of carboxylic acids is 1. The molecule has 0 spiro atoms. The minimum atomic E-state index is -0.866. The average Bonchev–Trinajstić information content (AvgIpc) is 3.50.